The van der Waals surface area contributed by atoms with Gasteiger partial charge in [0.1, 0.15) is 0 Å². The summed E-state index contributed by atoms with van der Waals surface area (Å²) in [7, 11) is 0. The lowest BCUT2D eigenvalue weighted by molar-refractivity contribution is 0.0786. The van der Waals surface area contributed by atoms with Gasteiger partial charge in [-0.05, 0) is 49.2 Å². The molecule has 1 fully saturated rings. The highest BCUT2D eigenvalue weighted by Gasteiger charge is 2.24. The van der Waals surface area contributed by atoms with Crippen molar-refractivity contribution in [3.63, 3.8) is 0 Å². The van der Waals surface area contributed by atoms with Crippen LogP contribution in [-0.2, 0) is 0 Å². The Bertz CT molecular complexity index is 1020. The zero-order chi connectivity index (χ0) is 19.6. The SMILES string of the molecule is O=C(c1cc(-c2ccc3c(c2)OCCCO3)n(-c2ccccc2)n1)N1CCCC1. The number of carbonyl (C=O) groups is 1. The summed E-state index contributed by atoms with van der Waals surface area (Å²) in [4.78, 5) is 14.8. The zero-order valence-corrected chi connectivity index (χ0v) is 16.2. The number of rotatable bonds is 3. The van der Waals surface area contributed by atoms with Crippen LogP contribution in [0.4, 0.5) is 0 Å². The van der Waals surface area contributed by atoms with Crippen LogP contribution in [0, 0.1) is 0 Å². The minimum Gasteiger partial charge on any atom is -0.490 e. The van der Waals surface area contributed by atoms with Crippen molar-refractivity contribution in [3.05, 3.63) is 60.3 Å². The molecule has 148 valence electrons. The predicted octanol–water partition coefficient (Wildman–Crippen LogP) is 3.94. The normalized spacial score (nSPS) is 15.9. The maximum atomic E-state index is 13.0. The molecule has 2 aliphatic rings. The molecule has 0 aliphatic carbocycles. The summed E-state index contributed by atoms with van der Waals surface area (Å²) in [5.41, 5.74) is 3.17. The summed E-state index contributed by atoms with van der Waals surface area (Å²) in [6, 6.07) is 17.7. The van der Waals surface area contributed by atoms with Crippen molar-refractivity contribution in [2.75, 3.05) is 26.3 Å². The smallest absolute Gasteiger partial charge is 0.274 e. The number of benzene rings is 2. The molecule has 6 nitrogen and oxygen atoms in total. The molecule has 6 heteroatoms. The number of carbonyl (C=O) groups excluding carboxylic acids is 1. The topological polar surface area (TPSA) is 56.6 Å². The summed E-state index contributed by atoms with van der Waals surface area (Å²) >= 11 is 0. The molecule has 1 amide bonds. The van der Waals surface area contributed by atoms with Crippen molar-refractivity contribution in [2.45, 2.75) is 19.3 Å². The van der Waals surface area contributed by atoms with Gasteiger partial charge in [0.15, 0.2) is 17.2 Å². The van der Waals surface area contributed by atoms with Crippen LogP contribution in [0.25, 0.3) is 16.9 Å². The fourth-order valence-corrected chi connectivity index (χ4v) is 3.86. The molecule has 3 aromatic rings. The Balaban J connectivity index is 1.59. The average molecular weight is 389 g/mol. The monoisotopic (exact) mass is 389 g/mol. The molecular formula is C23H23N3O3. The molecule has 2 aromatic carbocycles. The summed E-state index contributed by atoms with van der Waals surface area (Å²) in [6.07, 6.45) is 2.97. The van der Waals surface area contributed by atoms with E-state index >= 15 is 0 Å². The Morgan fingerprint density at radius 2 is 1.62 bits per heavy atom. The van der Waals surface area contributed by atoms with E-state index in [-0.39, 0.29) is 5.91 Å². The molecule has 0 bridgehead atoms. The quantitative estimate of drug-likeness (QED) is 0.681. The van der Waals surface area contributed by atoms with E-state index in [4.69, 9.17) is 9.47 Å². The van der Waals surface area contributed by atoms with Crippen LogP contribution in [0.2, 0.25) is 0 Å². The highest BCUT2D eigenvalue weighted by Crippen LogP contribution is 2.35. The van der Waals surface area contributed by atoms with Crippen molar-refractivity contribution >= 4 is 5.91 Å². The second-order valence-corrected chi connectivity index (χ2v) is 7.37. The fraction of sp³-hybridized carbons (Fsp3) is 0.304. The zero-order valence-electron chi connectivity index (χ0n) is 16.2. The number of para-hydroxylation sites is 1. The van der Waals surface area contributed by atoms with E-state index in [2.05, 4.69) is 5.10 Å². The van der Waals surface area contributed by atoms with Crippen molar-refractivity contribution in [3.8, 4) is 28.4 Å². The number of aromatic nitrogens is 2. The molecule has 0 N–H and O–H groups in total. The predicted molar refractivity (Wildman–Crippen MR) is 110 cm³/mol. The summed E-state index contributed by atoms with van der Waals surface area (Å²) < 4.78 is 13.5. The van der Waals surface area contributed by atoms with Crippen LogP contribution in [-0.4, -0.2) is 46.9 Å². The Kier molecular flexibility index (Phi) is 4.68. The minimum atomic E-state index is -0.00669. The molecule has 5 rings (SSSR count). The van der Waals surface area contributed by atoms with Gasteiger partial charge in [-0.15, -0.1) is 0 Å². The number of nitrogens with zero attached hydrogens (tertiary/aromatic N) is 3. The maximum Gasteiger partial charge on any atom is 0.274 e. The van der Waals surface area contributed by atoms with E-state index in [0.717, 1.165) is 60.8 Å². The van der Waals surface area contributed by atoms with E-state index in [1.807, 2.05) is 64.2 Å². The number of hydrogen-bond acceptors (Lipinski definition) is 4. The van der Waals surface area contributed by atoms with Crippen LogP contribution in [0.5, 0.6) is 11.5 Å². The molecule has 0 radical (unpaired) electrons. The second kappa shape index (κ2) is 7.62. The van der Waals surface area contributed by atoms with Crippen LogP contribution in [0.1, 0.15) is 29.8 Å². The summed E-state index contributed by atoms with van der Waals surface area (Å²) in [6.45, 7) is 2.89. The Labute approximate surface area is 169 Å². The van der Waals surface area contributed by atoms with Gasteiger partial charge in [0, 0.05) is 25.1 Å². The molecular weight excluding hydrogens is 366 g/mol. The van der Waals surface area contributed by atoms with Gasteiger partial charge in [-0.2, -0.15) is 5.10 Å². The maximum absolute atomic E-state index is 13.0. The highest BCUT2D eigenvalue weighted by atomic mass is 16.5. The van der Waals surface area contributed by atoms with Crippen LogP contribution in [0.15, 0.2) is 54.6 Å². The average Bonchev–Trinajstić information content (AvgIpc) is 3.40. The standard InChI is InChI=1S/C23H23N3O3/c27-23(25-11-4-5-12-25)19-16-20(26(24-19)18-7-2-1-3-8-18)17-9-10-21-22(15-17)29-14-6-13-28-21/h1-3,7-10,15-16H,4-6,11-14H2. The number of amides is 1. The van der Waals surface area contributed by atoms with E-state index in [9.17, 15) is 4.79 Å². The second-order valence-electron chi connectivity index (χ2n) is 7.37. The van der Waals surface area contributed by atoms with Crippen LogP contribution < -0.4 is 9.47 Å². The molecule has 0 spiro atoms. The van der Waals surface area contributed by atoms with Gasteiger partial charge >= 0.3 is 0 Å². The largest absolute Gasteiger partial charge is 0.490 e. The number of ether oxygens (including phenoxy) is 2. The van der Waals surface area contributed by atoms with E-state index < -0.39 is 0 Å². The van der Waals surface area contributed by atoms with E-state index in [0.29, 0.717) is 18.9 Å². The van der Waals surface area contributed by atoms with E-state index in [1.165, 1.54) is 0 Å². The lowest BCUT2D eigenvalue weighted by Gasteiger charge is -2.12. The molecule has 2 aliphatic heterocycles. The lowest BCUT2D eigenvalue weighted by atomic mass is 10.1. The van der Waals surface area contributed by atoms with Gasteiger partial charge in [0.2, 0.25) is 0 Å². The molecule has 29 heavy (non-hydrogen) atoms. The third kappa shape index (κ3) is 3.46. The van der Waals surface area contributed by atoms with Gasteiger partial charge in [-0.1, -0.05) is 18.2 Å². The van der Waals surface area contributed by atoms with Crippen molar-refractivity contribution in [2.24, 2.45) is 0 Å². The molecule has 0 unspecified atom stereocenters. The first-order valence-electron chi connectivity index (χ1n) is 10.1. The van der Waals surface area contributed by atoms with Crippen LogP contribution in [0.3, 0.4) is 0 Å². The van der Waals surface area contributed by atoms with Gasteiger partial charge in [-0.3, -0.25) is 4.79 Å². The molecule has 0 atom stereocenters. The van der Waals surface area contributed by atoms with Crippen molar-refractivity contribution in [1.82, 2.24) is 14.7 Å². The number of hydrogen-bond donors (Lipinski definition) is 0. The third-order valence-corrected chi connectivity index (χ3v) is 5.37. The molecule has 1 aromatic heterocycles. The summed E-state index contributed by atoms with van der Waals surface area (Å²) in [5, 5.41) is 4.69. The Hall–Kier alpha value is -3.28. The molecule has 0 saturated carbocycles. The highest BCUT2D eigenvalue weighted by molar-refractivity contribution is 5.94. The van der Waals surface area contributed by atoms with E-state index in [1.54, 1.807) is 0 Å². The Morgan fingerprint density at radius 1 is 0.862 bits per heavy atom. The number of likely N-dealkylation sites (tertiary alicyclic amines) is 1. The summed E-state index contributed by atoms with van der Waals surface area (Å²) in [5.74, 6) is 1.48. The Morgan fingerprint density at radius 3 is 2.41 bits per heavy atom. The molecule has 1 saturated heterocycles. The first kappa shape index (κ1) is 17.8. The molecule has 3 heterocycles. The lowest BCUT2D eigenvalue weighted by Crippen LogP contribution is -2.28. The van der Waals surface area contributed by atoms with Crippen molar-refractivity contribution in [1.29, 1.82) is 0 Å². The minimum absolute atomic E-state index is 0.00669. The number of fused-ring (bicyclic) bond motifs is 1. The third-order valence-electron chi connectivity index (χ3n) is 5.37. The van der Waals surface area contributed by atoms with Crippen LogP contribution >= 0.6 is 0 Å². The van der Waals surface area contributed by atoms with Gasteiger partial charge in [0.05, 0.1) is 24.6 Å². The van der Waals surface area contributed by atoms with Gasteiger partial charge in [-0.25, -0.2) is 4.68 Å². The van der Waals surface area contributed by atoms with Crippen molar-refractivity contribution < 1.29 is 14.3 Å². The fourth-order valence-electron chi connectivity index (χ4n) is 3.86. The first-order chi connectivity index (χ1) is 14.3. The van der Waals surface area contributed by atoms with Gasteiger partial charge in [0.25, 0.3) is 5.91 Å². The van der Waals surface area contributed by atoms with Gasteiger partial charge < -0.3 is 14.4 Å². The first-order valence-corrected chi connectivity index (χ1v) is 10.1.